The number of aromatic nitrogens is 1. The summed E-state index contributed by atoms with van der Waals surface area (Å²) in [6.45, 7) is 0.565. The lowest BCUT2D eigenvalue weighted by molar-refractivity contribution is -0.145. The van der Waals surface area contributed by atoms with Gasteiger partial charge in [0, 0.05) is 23.5 Å². The molecule has 0 radical (unpaired) electrons. The van der Waals surface area contributed by atoms with Crippen molar-refractivity contribution in [3.05, 3.63) is 48.0 Å². The third kappa shape index (κ3) is 2.98. The highest BCUT2D eigenvalue weighted by Gasteiger charge is 2.36. The summed E-state index contributed by atoms with van der Waals surface area (Å²) >= 11 is 1.56. The number of benzene rings is 1. The molecule has 0 spiro atoms. The lowest BCUT2D eigenvalue weighted by Crippen LogP contribution is -2.63. The van der Waals surface area contributed by atoms with Gasteiger partial charge in [0.25, 0.3) is 0 Å². The van der Waals surface area contributed by atoms with E-state index >= 15 is 0 Å². The molecule has 118 valence electrons. The summed E-state index contributed by atoms with van der Waals surface area (Å²) in [7, 11) is 0. The fourth-order valence-corrected chi connectivity index (χ4v) is 3.48. The average Bonchev–Trinajstić information content (AvgIpc) is 3.04. The van der Waals surface area contributed by atoms with E-state index in [2.05, 4.69) is 20.9 Å². The van der Waals surface area contributed by atoms with Crippen LogP contribution in [-0.4, -0.2) is 29.8 Å². The Balaban J connectivity index is 1.43. The molecular formula is C16H16N4O2S. The fourth-order valence-electron chi connectivity index (χ4n) is 2.74. The molecule has 0 amide bonds. The zero-order chi connectivity index (χ0) is 15.6. The number of esters is 1. The smallest absolute Gasteiger partial charge is 0.316 e. The highest BCUT2D eigenvalue weighted by atomic mass is 32.1. The first-order valence-electron chi connectivity index (χ1n) is 7.44. The number of nitrogens with one attached hydrogen (secondary N) is 3. The number of cyclic esters (lactones) is 1. The summed E-state index contributed by atoms with van der Waals surface area (Å²) in [6, 6.07) is 10.0. The predicted molar refractivity (Wildman–Crippen MR) is 88.6 cm³/mol. The van der Waals surface area contributed by atoms with Gasteiger partial charge in [0.2, 0.25) is 0 Å². The van der Waals surface area contributed by atoms with Crippen molar-refractivity contribution in [3.63, 3.8) is 0 Å². The molecule has 1 fully saturated rings. The molecule has 2 aromatic rings. The van der Waals surface area contributed by atoms with Crippen molar-refractivity contribution in [2.24, 2.45) is 5.92 Å². The first kappa shape index (κ1) is 14.4. The molecule has 3 unspecified atom stereocenters. The summed E-state index contributed by atoms with van der Waals surface area (Å²) < 4.78 is 4.92. The molecule has 1 aromatic heterocycles. The number of fused-ring (bicyclic) bond motifs is 1. The minimum absolute atomic E-state index is 0.0245. The number of anilines is 1. The van der Waals surface area contributed by atoms with E-state index in [1.54, 1.807) is 11.3 Å². The number of ether oxygens (including phenoxy) is 1. The third-order valence-electron chi connectivity index (χ3n) is 3.95. The van der Waals surface area contributed by atoms with Crippen molar-refractivity contribution in [1.29, 1.82) is 0 Å². The van der Waals surface area contributed by atoms with Gasteiger partial charge < -0.3 is 10.1 Å². The van der Waals surface area contributed by atoms with Gasteiger partial charge in [-0.25, -0.2) is 4.98 Å². The Kier molecular flexibility index (Phi) is 3.82. The van der Waals surface area contributed by atoms with Gasteiger partial charge in [0.15, 0.2) is 5.13 Å². The minimum Gasteiger partial charge on any atom is -0.434 e. The van der Waals surface area contributed by atoms with Gasteiger partial charge in [-0.2, -0.15) is 0 Å². The SMILES string of the molecule is O=C1OC=CC2NC(Nc3nc(-c4ccccc4)cs3)NCC12. The molecule has 7 heteroatoms. The minimum atomic E-state index is -0.198. The Morgan fingerprint density at radius 1 is 1.30 bits per heavy atom. The number of thiazole rings is 1. The molecule has 3 heterocycles. The van der Waals surface area contributed by atoms with E-state index in [4.69, 9.17) is 4.74 Å². The lowest BCUT2D eigenvalue weighted by Gasteiger charge is -2.37. The van der Waals surface area contributed by atoms with Crippen LogP contribution in [0.3, 0.4) is 0 Å². The lowest BCUT2D eigenvalue weighted by atomic mass is 9.96. The van der Waals surface area contributed by atoms with E-state index in [0.29, 0.717) is 6.54 Å². The zero-order valence-electron chi connectivity index (χ0n) is 12.2. The van der Waals surface area contributed by atoms with Crippen molar-refractivity contribution in [2.75, 3.05) is 11.9 Å². The van der Waals surface area contributed by atoms with Gasteiger partial charge in [-0.3, -0.25) is 15.4 Å². The Labute approximate surface area is 137 Å². The first-order chi connectivity index (χ1) is 11.3. The van der Waals surface area contributed by atoms with Crippen molar-refractivity contribution < 1.29 is 9.53 Å². The van der Waals surface area contributed by atoms with Crippen LogP contribution < -0.4 is 16.0 Å². The Morgan fingerprint density at radius 3 is 3.04 bits per heavy atom. The second kappa shape index (κ2) is 6.11. The Hall–Kier alpha value is -2.22. The molecule has 6 nitrogen and oxygen atoms in total. The summed E-state index contributed by atoms with van der Waals surface area (Å²) in [4.78, 5) is 16.3. The molecule has 0 saturated carbocycles. The fraction of sp³-hybridized carbons (Fsp3) is 0.250. The summed E-state index contributed by atoms with van der Waals surface area (Å²) in [6.07, 6.45) is 3.19. The molecule has 2 aliphatic heterocycles. The molecule has 3 atom stereocenters. The molecule has 0 bridgehead atoms. The van der Waals surface area contributed by atoms with E-state index in [0.717, 1.165) is 16.4 Å². The quantitative estimate of drug-likeness (QED) is 0.746. The van der Waals surface area contributed by atoms with Crippen LogP contribution in [0.1, 0.15) is 0 Å². The molecule has 1 aromatic carbocycles. The van der Waals surface area contributed by atoms with Crippen molar-refractivity contribution in [2.45, 2.75) is 12.3 Å². The van der Waals surface area contributed by atoms with E-state index in [1.807, 2.05) is 41.8 Å². The highest BCUT2D eigenvalue weighted by molar-refractivity contribution is 7.14. The van der Waals surface area contributed by atoms with Gasteiger partial charge in [-0.15, -0.1) is 11.3 Å². The third-order valence-corrected chi connectivity index (χ3v) is 4.72. The number of nitrogens with zero attached hydrogens (tertiary/aromatic N) is 1. The van der Waals surface area contributed by atoms with Crippen LogP contribution in [-0.2, 0) is 9.53 Å². The van der Waals surface area contributed by atoms with E-state index in [9.17, 15) is 4.79 Å². The molecule has 4 rings (SSSR count). The maximum atomic E-state index is 11.7. The first-order valence-corrected chi connectivity index (χ1v) is 8.32. The van der Waals surface area contributed by atoms with Crippen LogP contribution in [0.15, 0.2) is 48.0 Å². The number of carbonyl (C=O) groups is 1. The van der Waals surface area contributed by atoms with Crippen molar-refractivity contribution >= 4 is 22.4 Å². The Morgan fingerprint density at radius 2 is 2.17 bits per heavy atom. The van der Waals surface area contributed by atoms with Crippen LogP contribution in [0.25, 0.3) is 11.3 Å². The monoisotopic (exact) mass is 328 g/mol. The maximum Gasteiger partial charge on any atom is 0.316 e. The topological polar surface area (TPSA) is 75.3 Å². The number of carbonyl (C=O) groups excluding carboxylic acids is 1. The Bertz CT molecular complexity index is 731. The zero-order valence-corrected chi connectivity index (χ0v) is 13.0. The van der Waals surface area contributed by atoms with E-state index in [-0.39, 0.29) is 24.2 Å². The number of rotatable bonds is 3. The van der Waals surface area contributed by atoms with Crippen LogP contribution in [0, 0.1) is 5.92 Å². The van der Waals surface area contributed by atoms with Gasteiger partial charge in [-0.1, -0.05) is 30.3 Å². The van der Waals surface area contributed by atoms with Gasteiger partial charge in [0.05, 0.1) is 17.9 Å². The van der Waals surface area contributed by atoms with Crippen LogP contribution in [0.2, 0.25) is 0 Å². The largest absolute Gasteiger partial charge is 0.434 e. The van der Waals surface area contributed by atoms with Gasteiger partial charge >= 0.3 is 5.97 Å². The van der Waals surface area contributed by atoms with Crippen LogP contribution >= 0.6 is 11.3 Å². The molecule has 23 heavy (non-hydrogen) atoms. The molecule has 0 aliphatic carbocycles. The van der Waals surface area contributed by atoms with Crippen molar-refractivity contribution in [3.8, 4) is 11.3 Å². The van der Waals surface area contributed by atoms with E-state index < -0.39 is 0 Å². The van der Waals surface area contributed by atoms with Crippen LogP contribution in [0.4, 0.5) is 5.13 Å². The summed E-state index contributed by atoms with van der Waals surface area (Å²) in [5, 5.41) is 12.8. The second-order valence-electron chi connectivity index (χ2n) is 5.45. The van der Waals surface area contributed by atoms with E-state index in [1.165, 1.54) is 6.26 Å². The molecule has 2 aliphatic rings. The molecular weight excluding hydrogens is 312 g/mol. The van der Waals surface area contributed by atoms with Crippen molar-refractivity contribution in [1.82, 2.24) is 15.6 Å². The summed E-state index contributed by atoms with van der Waals surface area (Å²) in [5.41, 5.74) is 2.05. The van der Waals surface area contributed by atoms with Crippen LogP contribution in [0.5, 0.6) is 0 Å². The average molecular weight is 328 g/mol. The van der Waals surface area contributed by atoms with Gasteiger partial charge in [0.1, 0.15) is 6.29 Å². The highest BCUT2D eigenvalue weighted by Crippen LogP contribution is 2.25. The number of hydrogen-bond donors (Lipinski definition) is 3. The number of hydrogen-bond acceptors (Lipinski definition) is 7. The molecule has 1 saturated heterocycles. The summed E-state index contributed by atoms with van der Waals surface area (Å²) in [5.74, 6) is -0.384. The van der Waals surface area contributed by atoms with Gasteiger partial charge in [-0.05, 0) is 6.08 Å². The normalized spacial score (nSPS) is 26.4. The maximum absolute atomic E-state index is 11.7. The standard InChI is InChI=1S/C16H16N4O2S/c21-14-11-8-17-15(18-12(11)6-7-22-14)20-16-19-13(9-23-16)10-4-2-1-3-5-10/h1-7,9,11-12,15,17-18H,8H2,(H,19,20). The predicted octanol–water partition coefficient (Wildman–Crippen LogP) is 1.75. The molecule has 3 N–H and O–H groups in total. The second-order valence-corrected chi connectivity index (χ2v) is 6.31.